The van der Waals surface area contributed by atoms with Gasteiger partial charge in [0, 0.05) is 22.6 Å². The maximum absolute atomic E-state index is 13.2. The molecule has 1 saturated heterocycles. The van der Waals surface area contributed by atoms with Crippen LogP contribution in [-0.2, 0) is 9.59 Å². The lowest BCUT2D eigenvalue weighted by molar-refractivity contribution is -0.122. The number of aryl methyl sites for hydroxylation is 1. The van der Waals surface area contributed by atoms with Gasteiger partial charge in [-0.15, -0.1) is 0 Å². The Labute approximate surface area is 178 Å². The number of nitrogens with one attached hydrogen (secondary N) is 1. The zero-order valence-corrected chi connectivity index (χ0v) is 17.0. The van der Waals surface area contributed by atoms with E-state index in [-0.39, 0.29) is 10.7 Å². The van der Waals surface area contributed by atoms with Crippen molar-refractivity contribution in [3.05, 3.63) is 88.7 Å². The molecule has 0 saturated carbocycles. The number of thiocarbonyl (C=S) groups is 1. The van der Waals surface area contributed by atoms with Crippen molar-refractivity contribution < 1.29 is 9.59 Å². The molecule has 0 unspecified atom stereocenters. The Bertz CT molecular complexity index is 1160. The van der Waals surface area contributed by atoms with Crippen LogP contribution in [0, 0.1) is 6.92 Å². The second-order valence-electron chi connectivity index (χ2n) is 6.52. The van der Waals surface area contributed by atoms with Crippen molar-refractivity contribution in [1.82, 2.24) is 9.88 Å². The Kier molecular flexibility index (Phi) is 5.05. The molecule has 1 aliphatic rings. The van der Waals surface area contributed by atoms with Crippen LogP contribution in [0.25, 0.3) is 11.8 Å². The van der Waals surface area contributed by atoms with E-state index in [1.54, 1.807) is 24.3 Å². The van der Waals surface area contributed by atoms with Crippen LogP contribution in [0.15, 0.2) is 72.4 Å². The molecule has 1 N–H and O–H groups in total. The number of rotatable bonds is 3. The van der Waals surface area contributed by atoms with Crippen molar-refractivity contribution in [2.24, 2.45) is 0 Å². The van der Waals surface area contributed by atoms with E-state index in [1.807, 2.05) is 60.2 Å². The fourth-order valence-electron chi connectivity index (χ4n) is 3.19. The highest BCUT2D eigenvalue weighted by Gasteiger charge is 2.35. The smallest absolute Gasteiger partial charge is 0.270 e. The lowest BCUT2D eigenvalue weighted by Gasteiger charge is -2.30. The Balaban J connectivity index is 1.76. The van der Waals surface area contributed by atoms with Gasteiger partial charge in [0.2, 0.25) is 0 Å². The first kappa shape index (κ1) is 19.1. The highest BCUT2D eigenvalue weighted by atomic mass is 35.5. The number of hydrogen-bond donors (Lipinski definition) is 1. The lowest BCUT2D eigenvalue weighted by Crippen LogP contribution is -2.54. The van der Waals surface area contributed by atoms with Gasteiger partial charge in [0.05, 0.1) is 5.69 Å². The van der Waals surface area contributed by atoms with E-state index in [0.29, 0.717) is 16.4 Å². The summed E-state index contributed by atoms with van der Waals surface area (Å²) < 4.78 is 1.87. The molecule has 0 radical (unpaired) electrons. The number of hydrogen-bond acceptors (Lipinski definition) is 3. The van der Waals surface area contributed by atoms with Gasteiger partial charge in [-0.25, -0.2) is 0 Å². The number of para-hydroxylation sites is 1. The number of halogens is 1. The van der Waals surface area contributed by atoms with E-state index in [2.05, 4.69) is 5.32 Å². The van der Waals surface area contributed by atoms with Crippen LogP contribution >= 0.6 is 23.8 Å². The molecule has 7 heteroatoms. The van der Waals surface area contributed by atoms with Gasteiger partial charge in [-0.1, -0.05) is 29.8 Å². The summed E-state index contributed by atoms with van der Waals surface area (Å²) >= 11 is 11.2. The number of nitrogens with zero attached hydrogens (tertiary/aromatic N) is 2. The van der Waals surface area contributed by atoms with E-state index in [4.69, 9.17) is 23.8 Å². The van der Waals surface area contributed by atoms with E-state index in [0.717, 1.165) is 11.3 Å². The first-order valence-electron chi connectivity index (χ1n) is 8.86. The fraction of sp³-hybridized carbons (Fsp3) is 0.0455. The SMILES string of the molecule is Cc1ccccc1N1C(=O)C(=Cc2cccn2-c2ccc(Cl)cc2)C(=O)NC1=S. The van der Waals surface area contributed by atoms with Crippen LogP contribution in [0.2, 0.25) is 5.02 Å². The molecule has 5 nitrogen and oxygen atoms in total. The molecule has 0 atom stereocenters. The first-order valence-corrected chi connectivity index (χ1v) is 9.65. The number of amides is 2. The van der Waals surface area contributed by atoms with Crippen LogP contribution in [0.4, 0.5) is 5.69 Å². The van der Waals surface area contributed by atoms with Gasteiger partial charge in [0.1, 0.15) is 5.57 Å². The minimum absolute atomic E-state index is 0.00997. The fourth-order valence-corrected chi connectivity index (χ4v) is 3.59. The molecular weight excluding hydrogens is 406 g/mol. The van der Waals surface area contributed by atoms with Crippen molar-refractivity contribution >= 4 is 52.5 Å². The Hall–Kier alpha value is -3.22. The summed E-state index contributed by atoms with van der Waals surface area (Å²) in [5.74, 6) is -0.981. The summed E-state index contributed by atoms with van der Waals surface area (Å²) in [7, 11) is 0. The molecule has 2 aromatic carbocycles. The average Bonchev–Trinajstić information content (AvgIpc) is 3.15. The number of carbonyl (C=O) groups excluding carboxylic acids is 2. The zero-order valence-electron chi connectivity index (χ0n) is 15.4. The predicted octanol–water partition coefficient (Wildman–Crippen LogP) is 4.27. The molecule has 29 heavy (non-hydrogen) atoms. The summed E-state index contributed by atoms with van der Waals surface area (Å²) in [6.45, 7) is 1.89. The molecule has 1 fully saturated rings. The third-order valence-corrected chi connectivity index (χ3v) is 5.17. The van der Waals surface area contributed by atoms with Crippen LogP contribution in [0.5, 0.6) is 0 Å². The van der Waals surface area contributed by atoms with Crippen LogP contribution in [0.1, 0.15) is 11.3 Å². The van der Waals surface area contributed by atoms with Gasteiger partial charge in [0.15, 0.2) is 5.11 Å². The Morgan fingerprint density at radius 2 is 1.72 bits per heavy atom. The maximum Gasteiger partial charge on any atom is 0.270 e. The standard InChI is InChI=1S/C22H16ClN3O2S/c1-14-5-2-3-7-19(14)26-21(28)18(20(27)24-22(26)29)13-17-6-4-12-25(17)16-10-8-15(23)9-11-16/h2-13H,1H3,(H,24,27,29). The quantitative estimate of drug-likeness (QED) is 0.390. The highest BCUT2D eigenvalue weighted by Crippen LogP contribution is 2.26. The number of carbonyl (C=O) groups is 2. The summed E-state index contributed by atoms with van der Waals surface area (Å²) in [5, 5.41) is 3.32. The summed E-state index contributed by atoms with van der Waals surface area (Å²) in [6, 6.07) is 18.3. The average molecular weight is 422 g/mol. The van der Waals surface area contributed by atoms with Crippen molar-refractivity contribution in [2.45, 2.75) is 6.92 Å². The van der Waals surface area contributed by atoms with Crippen LogP contribution < -0.4 is 10.2 Å². The van der Waals surface area contributed by atoms with Gasteiger partial charge in [-0.05, 0) is 73.2 Å². The molecule has 144 valence electrons. The minimum Gasteiger partial charge on any atom is -0.317 e. The Morgan fingerprint density at radius 1 is 1.00 bits per heavy atom. The highest BCUT2D eigenvalue weighted by molar-refractivity contribution is 7.80. The molecule has 0 aliphatic carbocycles. The molecule has 4 rings (SSSR count). The van der Waals surface area contributed by atoms with Crippen molar-refractivity contribution in [3.8, 4) is 5.69 Å². The maximum atomic E-state index is 13.2. The minimum atomic E-state index is -0.520. The largest absolute Gasteiger partial charge is 0.317 e. The molecular formula is C22H16ClN3O2S. The zero-order chi connectivity index (χ0) is 20.5. The molecule has 3 aromatic rings. The van der Waals surface area contributed by atoms with Gasteiger partial charge in [0.25, 0.3) is 11.8 Å². The topological polar surface area (TPSA) is 54.3 Å². The van der Waals surface area contributed by atoms with E-state index >= 15 is 0 Å². The van der Waals surface area contributed by atoms with E-state index < -0.39 is 11.8 Å². The van der Waals surface area contributed by atoms with E-state index in [9.17, 15) is 9.59 Å². The molecule has 2 amide bonds. The lowest BCUT2D eigenvalue weighted by atomic mass is 10.1. The molecule has 1 aromatic heterocycles. The van der Waals surface area contributed by atoms with Gasteiger partial charge >= 0.3 is 0 Å². The second kappa shape index (κ2) is 7.66. The Morgan fingerprint density at radius 3 is 2.45 bits per heavy atom. The monoisotopic (exact) mass is 421 g/mol. The van der Waals surface area contributed by atoms with Crippen molar-refractivity contribution in [2.75, 3.05) is 4.90 Å². The third-order valence-electron chi connectivity index (χ3n) is 4.64. The molecule has 2 heterocycles. The first-order chi connectivity index (χ1) is 14.0. The van der Waals surface area contributed by atoms with Crippen LogP contribution in [-0.4, -0.2) is 21.5 Å². The van der Waals surface area contributed by atoms with E-state index in [1.165, 1.54) is 4.90 Å². The normalized spacial score (nSPS) is 15.7. The third kappa shape index (κ3) is 3.60. The van der Waals surface area contributed by atoms with Crippen molar-refractivity contribution in [3.63, 3.8) is 0 Å². The van der Waals surface area contributed by atoms with Gasteiger partial charge in [-0.3, -0.25) is 19.8 Å². The van der Waals surface area contributed by atoms with Crippen LogP contribution in [0.3, 0.4) is 0 Å². The molecule has 1 aliphatic heterocycles. The predicted molar refractivity (Wildman–Crippen MR) is 118 cm³/mol. The summed E-state index contributed by atoms with van der Waals surface area (Å²) in [4.78, 5) is 27.1. The number of aromatic nitrogens is 1. The number of benzene rings is 2. The molecule has 0 spiro atoms. The van der Waals surface area contributed by atoms with Gasteiger partial charge in [-0.2, -0.15) is 0 Å². The molecule has 0 bridgehead atoms. The number of anilines is 1. The van der Waals surface area contributed by atoms with Crippen molar-refractivity contribution in [1.29, 1.82) is 0 Å². The second-order valence-corrected chi connectivity index (χ2v) is 7.35. The van der Waals surface area contributed by atoms with Gasteiger partial charge < -0.3 is 4.57 Å². The summed E-state index contributed by atoms with van der Waals surface area (Å²) in [6.07, 6.45) is 3.42. The summed E-state index contributed by atoms with van der Waals surface area (Å²) in [5.41, 5.74) is 3.07.